The summed E-state index contributed by atoms with van der Waals surface area (Å²) in [6.07, 6.45) is 5.59. The van der Waals surface area contributed by atoms with E-state index in [1.165, 1.54) is 25.0 Å². The van der Waals surface area contributed by atoms with E-state index in [4.69, 9.17) is 14.2 Å². The van der Waals surface area contributed by atoms with E-state index in [1.807, 2.05) is 0 Å². The second kappa shape index (κ2) is 13.3. The molecule has 0 aromatic heterocycles. The van der Waals surface area contributed by atoms with E-state index in [0.29, 0.717) is 13.0 Å². The number of hydrogen-bond donors (Lipinski definition) is 1. The number of morpholine rings is 1. The fraction of sp³-hybridized carbons (Fsp3) is 0.679. The summed E-state index contributed by atoms with van der Waals surface area (Å²) < 4.78 is 17.4. The minimum Gasteiger partial charge on any atom is -0.497 e. The number of anilines is 1. The highest BCUT2D eigenvalue weighted by Gasteiger charge is 2.30. The molecule has 0 spiro atoms. The Morgan fingerprint density at radius 1 is 1.14 bits per heavy atom. The van der Waals surface area contributed by atoms with E-state index >= 15 is 0 Å². The third-order valence-electron chi connectivity index (χ3n) is 7.43. The zero-order valence-electron chi connectivity index (χ0n) is 22.4. The molecule has 3 heterocycles. The Kier molecular flexibility index (Phi) is 9.90. The van der Waals surface area contributed by atoms with Crippen molar-refractivity contribution in [3.8, 4) is 11.5 Å². The van der Waals surface area contributed by atoms with Gasteiger partial charge in [0, 0.05) is 64.0 Å². The Hall–Kier alpha value is -2.29. The van der Waals surface area contributed by atoms with Crippen LogP contribution >= 0.6 is 0 Å². The quantitative estimate of drug-likeness (QED) is 0.496. The minimum atomic E-state index is -0.469. The maximum atomic E-state index is 13.0. The Balaban J connectivity index is 1.35. The Labute approximate surface area is 216 Å². The molecule has 0 bridgehead atoms. The Bertz CT molecular complexity index is 892. The molecule has 8 heteroatoms. The van der Waals surface area contributed by atoms with Crippen molar-refractivity contribution >= 4 is 11.6 Å². The van der Waals surface area contributed by atoms with Crippen molar-refractivity contribution in [2.24, 2.45) is 0 Å². The van der Waals surface area contributed by atoms with Gasteiger partial charge in [-0.1, -0.05) is 25.0 Å². The number of hydrogen-bond acceptors (Lipinski definition) is 7. The van der Waals surface area contributed by atoms with Gasteiger partial charge in [-0.2, -0.15) is 0 Å². The molecule has 1 aromatic carbocycles. The van der Waals surface area contributed by atoms with Gasteiger partial charge in [-0.25, -0.2) is 0 Å². The summed E-state index contributed by atoms with van der Waals surface area (Å²) in [5, 5.41) is 3.07. The van der Waals surface area contributed by atoms with Crippen molar-refractivity contribution in [1.82, 2.24) is 15.1 Å². The summed E-state index contributed by atoms with van der Waals surface area (Å²) in [6, 6.07) is 4.13. The maximum Gasteiger partial charge on any atom is 0.261 e. The first-order valence-corrected chi connectivity index (χ1v) is 13.7. The molecular weight excluding hydrogens is 456 g/mol. The molecule has 1 N–H and O–H groups in total. The van der Waals surface area contributed by atoms with E-state index in [0.717, 1.165) is 88.2 Å². The van der Waals surface area contributed by atoms with Crippen LogP contribution in [0, 0.1) is 0 Å². The number of aryl methyl sites for hydroxylation is 1. The fourth-order valence-corrected chi connectivity index (χ4v) is 5.20. The van der Waals surface area contributed by atoms with Gasteiger partial charge in [0.05, 0.1) is 26.0 Å². The first-order valence-electron chi connectivity index (χ1n) is 13.7. The van der Waals surface area contributed by atoms with Gasteiger partial charge < -0.3 is 24.4 Å². The van der Waals surface area contributed by atoms with E-state index < -0.39 is 6.10 Å². The van der Waals surface area contributed by atoms with Crippen LogP contribution in [0.2, 0.25) is 0 Å². The van der Waals surface area contributed by atoms with E-state index in [9.17, 15) is 4.79 Å². The molecule has 1 atom stereocenters. The lowest BCUT2D eigenvalue weighted by Crippen LogP contribution is -2.47. The molecule has 0 aliphatic carbocycles. The summed E-state index contributed by atoms with van der Waals surface area (Å²) in [5.74, 6) is 1.66. The van der Waals surface area contributed by atoms with E-state index in [1.54, 1.807) is 7.11 Å². The maximum absolute atomic E-state index is 13.0. The van der Waals surface area contributed by atoms with Crippen LogP contribution in [0.3, 0.4) is 0 Å². The normalized spacial score (nSPS) is 21.6. The number of piperazine rings is 1. The predicted molar refractivity (Wildman–Crippen MR) is 143 cm³/mol. The van der Waals surface area contributed by atoms with Gasteiger partial charge in [-0.3, -0.25) is 14.6 Å². The van der Waals surface area contributed by atoms with Crippen molar-refractivity contribution in [3.05, 3.63) is 29.3 Å². The molecule has 3 aliphatic heterocycles. The number of benzene rings is 1. The largest absolute Gasteiger partial charge is 0.497 e. The number of carbonyl (C=O) groups is 1. The molecule has 3 aliphatic rings. The lowest BCUT2D eigenvalue weighted by molar-refractivity contribution is -0.128. The molecule has 1 amide bonds. The van der Waals surface area contributed by atoms with Gasteiger partial charge in [-0.15, -0.1) is 0 Å². The number of rotatable bonds is 10. The third kappa shape index (κ3) is 7.14. The monoisotopic (exact) mass is 500 g/mol. The standard InChI is InChI=1S/C28H44N4O4/c1-4-5-10-30-11-13-32(14-12-30)25-20-24(34-3)19-23-6-7-26(36-27(23)25)28(33)29-9-8-22(2)21-31-15-17-35-18-16-31/h8,19-20,26H,4-7,9-18,21H2,1-3H3,(H,29,33). The van der Waals surface area contributed by atoms with Crippen molar-refractivity contribution < 1.29 is 19.0 Å². The number of nitrogens with one attached hydrogen (secondary N) is 1. The highest BCUT2D eigenvalue weighted by atomic mass is 16.5. The molecule has 4 rings (SSSR count). The minimum absolute atomic E-state index is 0.0396. The molecule has 0 saturated carbocycles. The fourth-order valence-electron chi connectivity index (χ4n) is 5.20. The second-order valence-electron chi connectivity index (χ2n) is 10.1. The molecule has 36 heavy (non-hydrogen) atoms. The van der Waals surface area contributed by atoms with Crippen molar-refractivity contribution in [2.75, 3.05) is 84.1 Å². The molecule has 200 valence electrons. The lowest BCUT2D eigenvalue weighted by Gasteiger charge is -2.38. The molecule has 2 saturated heterocycles. The van der Waals surface area contributed by atoms with Crippen molar-refractivity contribution in [1.29, 1.82) is 0 Å². The highest BCUT2D eigenvalue weighted by molar-refractivity contribution is 5.82. The summed E-state index contributed by atoms with van der Waals surface area (Å²) in [4.78, 5) is 20.3. The molecular formula is C28H44N4O4. The first kappa shape index (κ1) is 26.8. The number of ether oxygens (including phenoxy) is 3. The van der Waals surface area contributed by atoms with E-state index in [-0.39, 0.29) is 5.91 Å². The smallest absolute Gasteiger partial charge is 0.261 e. The topological polar surface area (TPSA) is 66.5 Å². The highest BCUT2D eigenvalue weighted by Crippen LogP contribution is 2.41. The summed E-state index contributed by atoms with van der Waals surface area (Å²) in [7, 11) is 1.71. The van der Waals surface area contributed by atoms with Crippen LogP contribution in [0.25, 0.3) is 0 Å². The predicted octanol–water partition coefficient (Wildman–Crippen LogP) is 2.71. The van der Waals surface area contributed by atoms with Gasteiger partial charge >= 0.3 is 0 Å². The van der Waals surface area contributed by atoms with Gasteiger partial charge in [0.15, 0.2) is 6.10 Å². The third-order valence-corrected chi connectivity index (χ3v) is 7.43. The van der Waals surface area contributed by atoms with E-state index in [2.05, 4.69) is 52.1 Å². The number of methoxy groups -OCH3 is 1. The number of carbonyl (C=O) groups excluding carboxylic acids is 1. The van der Waals surface area contributed by atoms with Crippen LogP contribution < -0.4 is 19.7 Å². The zero-order valence-corrected chi connectivity index (χ0v) is 22.4. The van der Waals surface area contributed by atoms with Crippen LogP contribution in [-0.2, 0) is 16.0 Å². The summed E-state index contributed by atoms with van der Waals surface area (Å²) in [5.41, 5.74) is 3.45. The van der Waals surface area contributed by atoms with Crippen LogP contribution in [0.5, 0.6) is 11.5 Å². The van der Waals surface area contributed by atoms with Crippen LogP contribution in [-0.4, -0.2) is 101 Å². The van der Waals surface area contributed by atoms with Crippen LogP contribution in [0.1, 0.15) is 38.7 Å². The molecule has 8 nitrogen and oxygen atoms in total. The number of amides is 1. The number of unbranched alkanes of at least 4 members (excludes halogenated alkanes) is 1. The summed E-state index contributed by atoms with van der Waals surface area (Å²) >= 11 is 0. The van der Waals surface area contributed by atoms with Crippen molar-refractivity contribution in [3.63, 3.8) is 0 Å². The van der Waals surface area contributed by atoms with Gasteiger partial charge in [0.25, 0.3) is 5.91 Å². The van der Waals surface area contributed by atoms with Crippen LogP contribution in [0.4, 0.5) is 5.69 Å². The average molecular weight is 501 g/mol. The second-order valence-corrected chi connectivity index (χ2v) is 10.1. The lowest BCUT2D eigenvalue weighted by atomic mass is 9.99. The van der Waals surface area contributed by atoms with Gasteiger partial charge in [0.2, 0.25) is 0 Å². The Morgan fingerprint density at radius 3 is 2.64 bits per heavy atom. The molecule has 1 unspecified atom stereocenters. The van der Waals surface area contributed by atoms with Crippen molar-refractivity contribution in [2.45, 2.75) is 45.6 Å². The first-order chi connectivity index (χ1) is 17.6. The van der Waals surface area contributed by atoms with Crippen LogP contribution in [0.15, 0.2) is 23.8 Å². The van der Waals surface area contributed by atoms with Gasteiger partial charge in [-0.05, 0) is 38.8 Å². The molecule has 2 fully saturated rings. The molecule has 0 radical (unpaired) electrons. The average Bonchev–Trinajstić information content (AvgIpc) is 2.91. The SMILES string of the molecule is CCCCN1CCN(c2cc(OC)cc3c2OC(C(=O)NCC=C(C)CN2CCOCC2)CC3)CC1. The Morgan fingerprint density at radius 2 is 1.92 bits per heavy atom. The number of nitrogens with zero attached hydrogens (tertiary/aromatic N) is 3. The molecule has 1 aromatic rings. The zero-order chi connectivity index (χ0) is 25.3. The summed E-state index contributed by atoms with van der Waals surface area (Å²) in [6.45, 7) is 14.5. The number of fused-ring (bicyclic) bond motifs is 1. The van der Waals surface area contributed by atoms with Gasteiger partial charge in [0.1, 0.15) is 11.5 Å².